The lowest BCUT2D eigenvalue weighted by Gasteiger charge is -2.39. The number of hydrogen-bond acceptors (Lipinski definition) is 2. The standard InChI is InChI=1S/C13H21N3O/c1-10-5-3-8-16(12(10)9-14)13(17)11-6-4-7-15(11)2/h4,6-7,10,12H,3,5,8-9,14H2,1-2H3/t10-,12-/m1/s1. The van der Waals surface area contributed by atoms with Gasteiger partial charge in [0.25, 0.3) is 5.91 Å². The zero-order valence-corrected chi connectivity index (χ0v) is 10.6. The fourth-order valence-corrected chi connectivity index (χ4v) is 2.69. The molecule has 17 heavy (non-hydrogen) atoms. The molecule has 1 aliphatic rings. The first-order chi connectivity index (χ1) is 8.15. The first-order valence-electron chi connectivity index (χ1n) is 6.27. The maximum absolute atomic E-state index is 12.4. The maximum atomic E-state index is 12.4. The van der Waals surface area contributed by atoms with E-state index in [-0.39, 0.29) is 11.9 Å². The lowest BCUT2D eigenvalue weighted by atomic mass is 9.90. The lowest BCUT2D eigenvalue weighted by molar-refractivity contribution is 0.0523. The van der Waals surface area contributed by atoms with E-state index in [0.29, 0.717) is 12.5 Å². The second kappa shape index (κ2) is 4.92. The molecule has 94 valence electrons. The number of amides is 1. The monoisotopic (exact) mass is 235 g/mol. The van der Waals surface area contributed by atoms with Gasteiger partial charge >= 0.3 is 0 Å². The highest BCUT2D eigenvalue weighted by atomic mass is 16.2. The van der Waals surface area contributed by atoms with Crippen molar-refractivity contribution in [2.24, 2.45) is 18.7 Å². The second-order valence-corrected chi connectivity index (χ2v) is 4.93. The summed E-state index contributed by atoms with van der Waals surface area (Å²) < 4.78 is 1.87. The summed E-state index contributed by atoms with van der Waals surface area (Å²) in [4.78, 5) is 14.4. The van der Waals surface area contributed by atoms with Crippen LogP contribution in [0.3, 0.4) is 0 Å². The van der Waals surface area contributed by atoms with E-state index >= 15 is 0 Å². The molecule has 1 saturated heterocycles. The second-order valence-electron chi connectivity index (χ2n) is 4.93. The molecule has 1 aromatic heterocycles. The Labute approximate surface area is 102 Å². The molecule has 1 aliphatic heterocycles. The van der Waals surface area contributed by atoms with Crippen molar-refractivity contribution in [2.45, 2.75) is 25.8 Å². The van der Waals surface area contributed by atoms with Crippen LogP contribution in [-0.4, -0.2) is 34.5 Å². The molecule has 0 bridgehead atoms. The number of carbonyl (C=O) groups is 1. The summed E-state index contributed by atoms with van der Waals surface area (Å²) in [5, 5.41) is 0. The zero-order chi connectivity index (χ0) is 12.4. The minimum atomic E-state index is 0.111. The molecule has 2 atom stereocenters. The third-order valence-electron chi connectivity index (χ3n) is 3.78. The average molecular weight is 235 g/mol. The average Bonchev–Trinajstić information content (AvgIpc) is 2.74. The fourth-order valence-electron chi connectivity index (χ4n) is 2.69. The van der Waals surface area contributed by atoms with Crippen molar-refractivity contribution in [3.05, 3.63) is 24.0 Å². The van der Waals surface area contributed by atoms with Crippen molar-refractivity contribution in [3.8, 4) is 0 Å². The Morgan fingerprint density at radius 1 is 1.59 bits per heavy atom. The van der Waals surface area contributed by atoms with Crippen LogP contribution in [0, 0.1) is 5.92 Å². The summed E-state index contributed by atoms with van der Waals surface area (Å²) >= 11 is 0. The highest BCUT2D eigenvalue weighted by molar-refractivity contribution is 5.93. The summed E-state index contributed by atoms with van der Waals surface area (Å²) in [6, 6.07) is 3.96. The van der Waals surface area contributed by atoms with Gasteiger partial charge in [-0.3, -0.25) is 4.79 Å². The van der Waals surface area contributed by atoms with Crippen molar-refractivity contribution >= 4 is 5.91 Å². The van der Waals surface area contributed by atoms with Crippen LogP contribution in [0.25, 0.3) is 0 Å². The van der Waals surface area contributed by atoms with Gasteiger partial charge in [-0.05, 0) is 30.9 Å². The number of piperidine rings is 1. The molecular weight excluding hydrogens is 214 g/mol. The molecule has 1 amide bonds. The molecular formula is C13H21N3O. The fraction of sp³-hybridized carbons (Fsp3) is 0.615. The summed E-state index contributed by atoms with van der Waals surface area (Å²) in [5.41, 5.74) is 6.56. The van der Waals surface area contributed by atoms with Gasteiger partial charge in [0.05, 0.1) is 0 Å². The highest BCUT2D eigenvalue weighted by Crippen LogP contribution is 2.24. The Morgan fingerprint density at radius 2 is 2.35 bits per heavy atom. The van der Waals surface area contributed by atoms with Crippen LogP contribution in [0.2, 0.25) is 0 Å². The van der Waals surface area contributed by atoms with E-state index in [9.17, 15) is 4.79 Å². The largest absolute Gasteiger partial charge is 0.347 e. The third-order valence-corrected chi connectivity index (χ3v) is 3.78. The molecule has 2 rings (SSSR count). The minimum Gasteiger partial charge on any atom is -0.347 e. The molecule has 4 nitrogen and oxygen atoms in total. The lowest BCUT2D eigenvalue weighted by Crippen LogP contribution is -2.51. The molecule has 0 aromatic carbocycles. The number of aryl methyl sites for hydroxylation is 1. The molecule has 0 spiro atoms. The zero-order valence-electron chi connectivity index (χ0n) is 10.6. The van der Waals surface area contributed by atoms with Crippen LogP contribution >= 0.6 is 0 Å². The van der Waals surface area contributed by atoms with Gasteiger partial charge in [0.15, 0.2) is 0 Å². The van der Waals surface area contributed by atoms with Crippen LogP contribution in [0.5, 0.6) is 0 Å². The van der Waals surface area contributed by atoms with Crippen LogP contribution in [0.15, 0.2) is 18.3 Å². The van der Waals surface area contributed by atoms with Crippen molar-refractivity contribution in [3.63, 3.8) is 0 Å². The number of nitrogens with zero attached hydrogens (tertiary/aromatic N) is 2. The van der Waals surface area contributed by atoms with Gasteiger partial charge in [0.2, 0.25) is 0 Å². The summed E-state index contributed by atoms with van der Waals surface area (Å²) in [5.74, 6) is 0.609. The molecule has 0 aliphatic carbocycles. The van der Waals surface area contributed by atoms with Crippen molar-refractivity contribution in [1.29, 1.82) is 0 Å². The smallest absolute Gasteiger partial charge is 0.270 e. The summed E-state index contributed by atoms with van der Waals surface area (Å²) in [6.45, 7) is 3.56. The van der Waals surface area contributed by atoms with Crippen molar-refractivity contribution in [1.82, 2.24) is 9.47 Å². The SMILES string of the molecule is C[C@@H]1CCCN(C(=O)c2cccn2C)[C@@H]1CN. The van der Waals surface area contributed by atoms with Crippen LogP contribution < -0.4 is 5.73 Å². The Morgan fingerprint density at radius 3 is 2.94 bits per heavy atom. The van der Waals surface area contributed by atoms with E-state index in [0.717, 1.165) is 18.7 Å². The molecule has 2 N–H and O–H groups in total. The first-order valence-corrected chi connectivity index (χ1v) is 6.27. The Hall–Kier alpha value is -1.29. The normalized spacial score (nSPS) is 25.0. The van der Waals surface area contributed by atoms with Crippen LogP contribution in [0.1, 0.15) is 30.3 Å². The molecule has 1 fully saturated rings. The van der Waals surface area contributed by atoms with Crippen LogP contribution in [0.4, 0.5) is 0 Å². The Balaban J connectivity index is 2.21. The van der Waals surface area contributed by atoms with Crippen molar-refractivity contribution in [2.75, 3.05) is 13.1 Å². The predicted molar refractivity (Wildman–Crippen MR) is 67.7 cm³/mol. The number of carbonyl (C=O) groups excluding carboxylic acids is 1. The van der Waals surface area contributed by atoms with Gasteiger partial charge in [-0.2, -0.15) is 0 Å². The van der Waals surface area contributed by atoms with Gasteiger partial charge < -0.3 is 15.2 Å². The van der Waals surface area contributed by atoms with Crippen LogP contribution in [-0.2, 0) is 7.05 Å². The van der Waals surface area contributed by atoms with Gasteiger partial charge in [0.1, 0.15) is 5.69 Å². The van der Waals surface area contributed by atoms with E-state index in [1.807, 2.05) is 34.8 Å². The molecule has 1 aromatic rings. The first kappa shape index (κ1) is 12.2. The summed E-state index contributed by atoms with van der Waals surface area (Å²) in [6.07, 6.45) is 4.14. The highest BCUT2D eigenvalue weighted by Gasteiger charge is 2.31. The van der Waals surface area contributed by atoms with E-state index < -0.39 is 0 Å². The van der Waals surface area contributed by atoms with E-state index in [1.54, 1.807) is 0 Å². The molecule has 2 heterocycles. The minimum absolute atomic E-state index is 0.111. The molecule has 4 heteroatoms. The van der Waals surface area contributed by atoms with E-state index in [4.69, 9.17) is 5.73 Å². The maximum Gasteiger partial charge on any atom is 0.270 e. The van der Waals surface area contributed by atoms with E-state index in [1.165, 1.54) is 6.42 Å². The van der Waals surface area contributed by atoms with E-state index in [2.05, 4.69) is 6.92 Å². The Kier molecular flexibility index (Phi) is 3.52. The van der Waals surface area contributed by atoms with Gasteiger partial charge in [0, 0.05) is 32.4 Å². The topological polar surface area (TPSA) is 51.3 Å². The number of rotatable bonds is 2. The number of nitrogens with two attached hydrogens (primary N) is 1. The quantitative estimate of drug-likeness (QED) is 0.838. The third kappa shape index (κ3) is 2.22. The summed E-state index contributed by atoms with van der Waals surface area (Å²) in [7, 11) is 1.90. The number of likely N-dealkylation sites (tertiary alicyclic amines) is 1. The Bertz CT molecular complexity index is 399. The predicted octanol–water partition coefficient (Wildman–Crippen LogP) is 1.22. The number of aromatic nitrogens is 1. The van der Waals surface area contributed by atoms with Gasteiger partial charge in [-0.25, -0.2) is 0 Å². The van der Waals surface area contributed by atoms with Gasteiger partial charge in [-0.1, -0.05) is 6.92 Å². The number of hydrogen-bond donors (Lipinski definition) is 1. The molecule has 0 unspecified atom stereocenters. The van der Waals surface area contributed by atoms with Crippen molar-refractivity contribution < 1.29 is 4.79 Å². The van der Waals surface area contributed by atoms with Gasteiger partial charge in [-0.15, -0.1) is 0 Å². The molecule has 0 saturated carbocycles. The molecule has 0 radical (unpaired) electrons.